The van der Waals surface area contributed by atoms with E-state index >= 15 is 0 Å². The van der Waals surface area contributed by atoms with Gasteiger partial charge in [0, 0.05) is 24.1 Å². The molecule has 27 heavy (non-hydrogen) atoms. The number of nitrogens with zero attached hydrogens (tertiary/aromatic N) is 2. The Morgan fingerprint density at radius 2 is 1.74 bits per heavy atom. The Morgan fingerprint density at radius 3 is 2.26 bits per heavy atom. The predicted molar refractivity (Wildman–Crippen MR) is 106 cm³/mol. The van der Waals surface area contributed by atoms with Crippen LogP contribution in [0.25, 0.3) is 0 Å². The maximum Gasteiger partial charge on any atom is 0.225 e. The molecule has 1 atom stereocenters. The number of benzene rings is 1. The number of sulfone groups is 1. The van der Waals surface area contributed by atoms with E-state index in [0.29, 0.717) is 5.92 Å². The molecule has 1 aromatic heterocycles. The van der Waals surface area contributed by atoms with Gasteiger partial charge in [0.25, 0.3) is 0 Å². The van der Waals surface area contributed by atoms with Gasteiger partial charge in [0.15, 0.2) is 9.84 Å². The number of rotatable bonds is 7. The van der Waals surface area contributed by atoms with Crippen molar-refractivity contribution in [1.82, 2.24) is 15.1 Å². The van der Waals surface area contributed by atoms with Gasteiger partial charge in [-0.05, 0) is 44.4 Å². The van der Waals surface area contributed by atoms with E-state index in [9.17, 15) is 13.2 Å². The number of nitrogens with one attached hydrogen (secondary N) is 1. The minimum atomic E-state index is -3.22. The molecular weight excluding hydrogens is 362 g/mol. The lowest BCUT2D eigenvalue weighted by atomic mass is 10.1. The van der Waals surface area contributed by atoms with Crippen molar-refractivity contribution < 1.29 is 13.2 Å². The third kappa shape index (κ3) is 5.42. The Kier molecular flexibility index (Phi) is 6.46. The average Bonchev–Trinajstić information content (AvgIpc) is 2.81. The predicted octanol–water partition coefficient (Wildman–Crippen LogP) is 2.98. The van der Waals surface area contributed by atoms with E-state index in [2.05, 4.69) is 24.3 Å². The van der Waals surface area contributed by atoms with E-state index in [-0.39, 0.29) is 23.3 Å². The van der Waals surface area contributed by atoms with Crippen LogP contribution in [0.5, 0.6) is 0 Å². The fourth-order valence-electron chi connectivity index (χ4n) is 3.05. The first-order valence-corrected chi connectivity index (χ1v) is 11.0. The second-order valence-electron chi connectivity index (χ2n) is 7.53. The smallest absolute Gasteiger partial charge is 0.225 e. The first kappa shape index (κ1) is 21.2. The zero-order valence-electron chi connectivity index (χ0n) is 16.9. The summed E-state index contributed by atoms with van der Waals surface area (Å²) in [5.74, 6) is 0.407. The van der Waals surface area contributed by atoms with E-state index in [1.807, 2.05) is 25.5 Å². The van der Waals surface area contributed by atoms with Gasteiger partial charge < -0.3 is 5.32 Å². The molecule has 0 saturated carbocycles. The molecule has 7 heteroatoms. The van der Waals surface area contributed by atoms with Crippen LogP contribution >= 0.6 is 0 Å². The molecule has 0 spiro atoms. The van der Waals surface area contributed by atoms with Crippen LogP contribution in [0, 0.1) is 19.8 Å². The number of carbonyl (C=O) groups is 1. The Balaban J connectivity index is 2.06. The van der Waals surface area contributed by atoms with Gasteiger partial charge in [-0.1, -0.05) is 26.0 Å². The van der Waals surface area contributed by atoms with E-state index in [0.717, 1.165) is 29.1 Å². The topological polar surface area (TPSA) is 81.1 Å². The lowest BCUT2D eigenvalue weighted by Crippen LogP contribution is -2.28. The van der Waals surface area contributed by atoms with E-state index < -0.39 is 9.84 Å². The fraction of sp³-hybridized carbons (Fsp3) is 0.500. The summed E-state index contributed by atoms with van der Waals surface area (Å²) in [6, 6.07) is 6.39. The fourth-order valence-corrected chi connectivity index (χ4v) is 3.68. The van der Waals surface area contributed by atoms with E-state index in [1.165, 1.54) is 6.26 Å². The molecule has 1 N–H and O–H groups in total. The van der Waals surface area contributed by atoms with Crippen LogP contribution in [0.3, 0.4) is 0 Å². The van der Waals surface area contributed by atoms with Crippen LogP contribution in [-0.2, 0) is 27.6 Å². The molecule has 148 valence electrons. The van der Waals surface area contributed by atoms with Crippen molar-refractivity contribution in [3.8, 4) is 0 Å². The molecule has 6 nitrogen and oxygen atoms in total. The molecule has 0 fully saturated rings. The van der Waals surface area contributed by atoms with Gasteiger partial charge in [-0.3, -0.25) is 9.48 Å². The zero-order chi connectivity index (χ0) is 20.4. The van der Waals surface area contributed by atoms with Crippen molar-refractivity contribution in [2.75, 3.05) is 6.26 Å². The number of carbonyl (C=O) groups excluding carboxylic acids is 1. The number of aryl methyl sites for hydroxylation is 1. The van der Waals surface area contributed by atoms with Gasteiger partial charge >= 0.3 is 0 Å². The Bertz CT molecular complexity index is 913. The van der Waals surface area contributed by atoms with E-state index in [4.69, 9.17) is 0 Å². The summed E-state index contributed by atoms with van der Waals surface area (Å²) in [6.45, 7) is 10.9. The Labute approximate surface area is 161 Å². The van der Waals surface area contributed by atoms with Crippen LogP contribution in [0.15, 0.2) is 29.2 Å². The summed E-state index contributed by atoms with van der Waals surface area (Å²) in [4.78, 5) is 12.8. The monoisotopic (exact) mass is 391 g/mol. The molecule has 0 radical (unpaired) electrons. The highest BCUT2D eigenvalue weighted by Crippen LogP contribution is 2.18. The zero-order valence-corrected chi connectivity index (χ0v) is 17.7. The van der Waals surface area contributed by atoms with Gasteiger partial charge in [-0.2, -0.15) is 5.10 Å². The van der Waals surface area contributed by atoms with Gasteiger partial charge in [0.2, 0.25) is 5.91 Å². The maximum atomic E-state index is 12.5. The largest absolute Gasteiger partial charge is 0.349 e. The van der Waals surface area contributed by atoms with Gasteiger partial charge in [0.05, 0.1) is 23.1 Å². The molecule has 1 heterocycles. The van der Waals surface area contributed by atoms with Crippen molar-refractivity contribution in [1.29, 1.82) is 0 Å². The first-order valence-electron chi connectivity index (χ1n) is 9.11. The van der Waals surface area contributed by atoms with Crippen LogP contribution in [0.2, 0.25) is 0 Å². The highest BCUT2D eigenvalue weighted by Gasteiger charge is 2.17. The molecule has 0 aliphatic rings. The van der Waals surface area contributed by atoms with Crippen molar-refractivity contribution in [2.24, 2.45) is 5.92 Å². The molecule has 0 bridgehead atoms. The highest BCUT2D eigenvalue weighted by molar-refractivity contribution is 7.90. The van der Waals surface area contributed by atoms with Crippen LogP contribution in [0.4, 0.5) is 0 Å². The van der Waals surface area contributed by atoms with Crippen LogP contribution in [-0.4, -0.2) is 30.4 Å². The quantitative estimate of drug-likeness (QED) is 0.787. The number of hydrogen-bond donors (Lipinski definition) is 1. The minimum absolute atomic E-state index is 0.0787. The van der Waals surface area contributed by atoms with Crippen molar-refractivity contribution in [2.45, 2.75) is 58.5 Å². The number of hydrogen-bond acceptors (Lipinski definition) is 4. The summed E-state index contributed by atoms with van der Waals surface area (Å²) < 4.78 is 25.1. The highest BCUT2D eigenvalue weighted by atomic mass is 32.2. The van der Waals surface area contributed by atoms with Crippen molar-refractivity contribution in [3.05, 3.63) is 46.8 Å². The van der Waals surface area contributed by atoms with E-state index in [1.54, 1.807) is 24.3 Å². The molecule has 1 aromatic carbocycles. The summed E-state index contributed by atoms with van der Waals surface area (Å²) in [5.41, 5.74) is 3.74. The van der Waals surface area contributed by atoms with Gasteiger partial charge in [-0.15, -0.1) is 0 Å². The minimum Gasteiger partial charge on any atom is -0.349 e. The summed E-state index contributed by atoms with van der Waals surface area (Å²) in [6.07, 6.45) is 1.46. The first-order chi connectivity index (χ1) is 12.5. The lowest BCUT2D eigenvalue weighted by Gasteiger charge is -2.15. The summed E-state index contributed by atoms with van der Waals surface area (Å²) >= 11 is 0. The third-order valence-electron chi connectivity index (χ3n) is 4.59. The van der Waals surface area contributed by atoms with Gasteiger partial charge in [0.1, 0.15) is 0 Å². The second-order valence-corrected chi connectivity index (χ2v) is 9.55. The summed E-state index contributed by atoms with van der Waals surface area (Å²) in [7, 11) is -3.22. The van der Waals surface area contributed by atoms with Crippen LogP contribution in [0.1, 0.15) is 49.3 Å². The third-order valence-corrected chi connectivity index (χ3v) is 5.72. The van der Waals surface area contributed by atoms with Crippen molar-refractivity contribution >= 4 is 15.7 Å². The molecule has 1 amide bonds. The molecule has 2 rings (SSSR count). The number of aromatic nitrogens is 2. The molecule has 0 saturated heterocycles. The SMILES string of the molecule is Cc1nn(CC(C)C)c(C)c1CC(=O)N[C@@H](C)c1ccc(S(C)(=O)=O)cc1. The van der Waals surface area contributed by atoms with Crippen molar-refractivity contribution in [3.63, 3.8) is 0 Å². The Morgan fingerprint density at radius 1 is 1.15 bits per heavy atom. The van der Waals surface area contributed by atoms with Gasteiger partial charge in [-0.25, -0.2) is 8.42 Å². The normalized spacial score (nSPS) is 13.0. The second kappa shape index (κ2) is 8.25. The lowest BCUT2D eigenvalue weighted by molar-refractivity contribution is -0.121. The molecule has 0 aliphatic heterocycles. The molecule has 2 aromatic rings. The summed E-state index contributed by atoms with van der Waals surface area (Å²) in [5, 5.41) is 7.54. The standard InChI is InChI=1S/C20H29N3O3S/c1-13(2)12-23-16(5)19(15(4)22-23)11-20(24)21-14(3)17-7-9-18(10-8-17)27(6,25)26/h7-10,13-14H,11-12H2,1-6H3,(H,21,24)/t14-/m0/s1. The molecular formula is C20H29N3O3S. The van der Waals surface area contributed by atoms with Crippen LogP contribution < -0.4 is 5.32 Å². The molecule has 0 aliphatic carbocycles. The maximum absolute atomic E-state index is 12.5. The molecule has 0 unspecified atom stereocenters. The average molecular weight is 392 g/mol. The Hall–Kier alpha value is -2.15. The number of amides is 1.